The van der Waals surface area contributed by atoms with Crippen molar-refractivity contribution in [1.29, 1.82) is 0 Å². The van der Waals surface area contributed by atoms with E-state index in [9.17, 15) is 4.79 Å². The first-order valence-electron chi connectivity index (χ1n) is 15.4. The van der Waals surface area contributed by atoms with Crippen LogP contribution < -0.4 is 0 Å². The molecule has 2 nitrogen and oxygen atoms in total. The van der Waals surface area contributed by atoms with Gasteiger partial charge in [0.1, 0.15) is 5.60 Å². The fourth-order valence-corrected chi connectivity index (χ4v) is 10.7. The maximum atomic E-state index is 14.4. The van der Waals surface area contributed by atoms with Crippen molar-refractivity contribution in [1.82, 2.24) is 0 Å². The summed E-state index contributed by atoms with van der Waals surface area (Å²) in [5.74, 6) is 3.34. The molecule has 2 saturated heterocycles. The predicted molar refractivity (Wildman–Crippen MR) is 153 cm³/mol. The lowest BCUT2D eigenvalue weighted by Gasteiger charge is -2.70. The number of carbonyl (C=O) groups is 1. The van der Waals surface area contributed by atoms with E-state index in [1.54, 1.807) is 0 Å². The Hall–Kier alpha value is -2.19. The monoisotopic (exact) mass is 508 g/mol. The summed E-state index contributed by atoms with van der Waals surface area (Å²) in [5, 5.41) is 0. The number of fused-ring (bicyclic) bond motifs is 3. The van der Waals surface area contributed by atoms with Crippen LogP contribution in [0, 0.1) is 40.4 Å². The number of hydrogen-bond acceptors (Lipinski definition) is 2. The summed E-state index contributed by atoms with van der Waals surface area (Å²) in [4.78, 5) is 14.4. The van der Waals surface area contributed by atoms with Crippen LogP contribution in [-0.4, -0.2) is 17.5 Å². The van der Waals surface area contributed by atoms with Crippen molar-refractivity contribution in [2.45, 2.75) is 90.3 Å². The van der Waals surface area contributed by atoms with Gasteiger partial charge in [-0.25, -0.2) is 0 Å². The maximum absolute atomic E-state index is 14.4. The number of rotatable bonds is 5. The SMILES string of the molecule is C[C@@H](CC=C(c1ccccc1)c1ccccc1)[C@@H]1CC[C@@H]2[C@@H]3CC[C@@H]4C[C@H]5CC[C@]4(C)[C@@]3(O5)C(=O)C[C@@]21C. The van der Waals surface area contributed by atoms with E-state index in [1.807, 2.05) is 0 Å². The zero-order chi connectivity index (χ0) is 26.1. The molecule has 2 heteroatoms. The molecule has 200 valence electrons. The van der Waals surface area contributed by atoms with Gasteiger partial charge in [0.05, 0.1) is 6.10 Å². The van der Waals surface area contributed by atoms with Crippen molar-refractivity contribution in [3.63, 3.8) is 0 Å². The fourth-order valence-electron chi connectivity index (χ4n) is 10.7. The standard InChI is InChI=1S/C36H44O2/c1-24(14-16-29(25-10-6-4-7-11-25)26-12-8-5-9-13-26)30-18-19-31-32-17-15-27-22-28-20-21-35(27,3)36(32,38-28)33(37)23-34(30,31)2/h4-13,16,24,27-28,30-32H,14-15,17-23H2,1-3H3/t24-,27+,28+,30-,31+,32-,34+,35-,36-/m0/s1. The topological polar surface area (TPSA) is 26.3 Å². The molecule has 2 aromatic carbocycles. The highest BCUT2D eigenvalue weighted by molar-refractivity contribution is 5.91. The van der Waals surface area contributed by atoms with E-state index < -0.39 is 5.60 Å². The first-order chi connectivity index (χ1) is 18.4. The zero-order valence-electron chi connectivity index (χ0n) is 23.5. The summed E-state index contributed by atoms with van der Waals surface area (Å²) in [6.07, 6.45) is 13.2. The van der Waals surface area contributed by atoms with Gasteiger partial charge in [0, 0.05) is 11.8 Å². The Balaban J connectivity index is 1.17. The Morgan fingerprint density at radius 2 is 1.58 bits per heavy atom. The highest BCUT2D eigenvalue weighted by Crippen LogP contribution is 2.72. The molecule has 4 bridgehead atoms. The van der Waals surface area contributed by atoms with Crippen molar-refractivity contribution in [2.24, 2.45) is 40.4 Å². The van der Waals surface area contributed by atoms with Crippen LogP contribution in [0.25, 0.3) is 5.57 Å². The molecule has 9 atom stereocenters. The number of allylic oxidation sites excluding steroid dienone is 1. The van der Waals surface area contributed by atoms with Crippen molar-refractivity contribution < 1.29 is 9.53 Å². The van der Waals surface area contributed by atoms with Crippen LogP contribution in [-0.2, 0) is 9.53 Å². The molecule has 2 aromatic rings. The molecular weight excluding hydrogens is 464 g/mol. The predicted octanol–water partition coefficient (Wildman–Crippen LogP) is 8.50. The minimum Gasteiger partial charge on any atom is -0.363 e. The van der Waals surface area contributed by atoms with Gasteiger partial charge in [-0.1, -0.05) is 87.5 Å². The second kappa shape index (κ2) is 8.91. The molecule has 4 aliphatic carbocycles. The number of Topliss-reactive ketones (excluding diaryl/α,β-unsaturated/α-hetero) is 1. The van der Waals surface area contributed by atoms with Gasteiger partial charge >= 0.3 is 0 Å². The fraction of sp³-hybridized carbons (Fsp3) is 0.583. The second-order valence-corrected chi connectivity index (χ2v) is 14.0. The summed E-state index contributed by atoms with van der Waals surface area (Å²) in [6.45, 7) is 7.38. The first kappa shape index (κ1) is 24.8. The Bertz CT molecular complexity index is 1190. The molecule has 4 saturated carbocycles. The normalized spacial score (nSPS) is 41.8. The molecule has 2 heterocycles. The van der Waals surface area contributed by atoms with E-state index in [0.717, 1.165) is 19.3 Å². The molecule has 8 rings (SSSR count). The molecular formula is C36H44O2. The van der Waals surface area contributed by atoms with E-state index in [1.165, 1.54) is 55.2 Å². The second-order valence-electron chi connectivity index (χ2n) is 14.0. The van der Waals surface area contributed by atoms with Crippen molar-refractivity contribution in [3.8, 4) is 0 Å². The summed E-state index contributed by atoms with van der Waals surface area (Å²) < 4.78 is 6.93. The van der Waals surface area contributed by atoms with Crippen LogP contribution in [0.3, 0.4) is 0 Å². The van der Waals surface area contributed by atoms with Crippen LogP contribution in [0.4, 0.5) is 0 Å². The van der Waals surface area contributed by atoms with Crippen LogP contribution in [0.2, 0.25) is 0 Å². The molecule has 0 N–H and O–H groups in total. The quantitative estimate of drug-likeness (QED) is 0.405. The molecule has 38 heavy (non-hydrogen) atoms. The third-order valence-electron chi connectivity index (χ3n) is 12.5. The zero-order valence-corrected chi connectivity index (χ0v) is 23.5. The molecule has 0 amide bonds. The first-order valence-corrected chi connectivity index (χ1v) is 15.4. The molecule has 0 unspecified atom stereocenters. The Morgan fingerprint density at radius 3 is 2.26 bits per heavy atom. The third-order valence-corrected chi connectivity index (χ3v) is 12.5. The number of carbonyl (C=O) groups excluding carboxylic acids is 1. The molecule has 0 aromatic heterocycles. The van der Waals surface area contributed by atoms with Gasteiger partial charge in [-0.2, -0.15) is 0 Å². The largest absolute Gasteiger partial charge is 0.363 e. The van der Waals surface area contributed by atoms with Crippen LogP contribution >= 0.6 is 0 Å². The van der Waals surface area contributed by atoms with E-state index >= 15 is 0 Å². The van der Waals surface area contributed by atoms with Gasteiger partial charge in [0.25, 0.3) is 0 Å². The van der Waals surface area contributed by atoms with Gasteiger partial charge in [-0.3, -0.25) is 4.79 Å². The van der Waals surface area contributed by atoms with Gasteiger partial charge in [-0.05, 0) is 103 Å². The van der Waals surface area contributed by atoms with Crippen LogP contribution in [0.5, 0.6) is 0 Å². The number of ketones is 1. The summed E-state index contributed by atoms with van der Waals surface area (Å²) in [6, 6.07) is 21.6. The van der Waals surface area contributed by atoms with Gasteiger partial charge in [-0.15, -0.1) is 0 Å². The minimum absolute atomic E-state index is 0.0653. The van der Waals surface area contributed by atoms with E-state index in [4.69, 9.17) is 4.74 Å². The number of benzene rings is 2. The third kappa shape index (κ3) is 3.38. The minimum atomic E-state index is -0.479. The highest BCUT2D eigenvalue weighted by Gasteiger charge is 2.74. The molecule has 2 aliphatic heterocycles. The van der Waals surface area contributed by atoms with E-state index in [0.29, 0.717) is 41.5 Å². The average molecular weight is 509 g/mol. The van der Waals surface area contributed by atoms with Crippen molar-refractivity contribution in [2.75, 3.05) is 0 Å². The summed E-state index contributed by atoms with van der Waals surface area (Å²) >= 11 is 0. The molecule has 0 radical (unpaired) electrons. The molecule has 1 spiro atoms. The summed E-state index contributed by atoms with van der Waals surface area (Å²) in [7, 11) is 0. The van der Waals surface area contributed by atoms with Crippen molar-refractivity contribution >= 4 is 11.4 Å². The molecule has 6 fully saturated rings. The van der Waals surface area contributed by atoms with Gasteiger partial charge in [0.2, 0.25) is 0 Å². The lowest BCUT2D eigenvalue weighted by molar-refractivity contribution is -0.307. The lowest BCUT2D eigenvalue weighted by Crippen LogP contribution is -2.75. The number of ether oxygens (including phenoxy) is 1. The smallest absolute Gasteiger partial charge is 0.166 e. The Morgan fingerprint density at radius 1 is 0.921 bits per heavy atom. The average Bonchev–Trinajstić information content (AvgIpc) is 3.26. The van der Waals surface area contributed by atoms with Crippen LogP contribution in [0.15, 0.2) is 66.7 Å². The van der Waals surface area contributed by atoms with Crippen molar-refractivity contribution in [3.05, 3.63) is 77.9 Å². The lowest BCUT2D eigenvalue weighted by atomic mass is 9.40. The maximum Gasteiger partial charge on any atom is 0.166 e. The van der Waals surface area contributed by atoms with E-state index in [-0.39, 0.29) is 10.8 Å². The van der Waals surface area contributed by atoms with E-state index in [2.05, 4.69) is 87.5 Å². The molecule has 6 aliphatic rings. The van der Waals surface area contributed by atoms with Gasteiger partial charge in [0.15, 0.2) is 5.78 Å². The highest BCUT2D eigenvalue weighted by atomic mass is 16.5. The Kier molecular flexibility index (Phi) is 5.82. The number of hydrogen-bond donors (Lipinski definition) is 0. The van der Waals surface area contributed by atoms with Gasteiger partial charge < -0.3 is 4.74 Å². The van der Waals surface area contributed by atoms with Crippen LogP contribution in [0.1, 0.15) is 89.7 Å². The summed E-state index contributed by atoms with van der Waals surface area (Å²) in [5.41, 5.74) is 3.58. The Labute approximate surface area is 229 Å².